The van der Waals surface area contributed by atoms with Gasteiger partial charge in [0.15, 0.2) is 0 Å². The highest BCUT2D eigenvalue weighted by atomic mass is 79.9. The number of hydrogen-bond donors (Lipinski definition) is 0. The molecule has 5 nitrogen and oxygen atoms in total. The number of ether oxygens (including phenoxy) is 1. The molecule has 1 unspecified atom stereocenters. The summed E-state index contributed by atoms with van der Waals surface area (Å²) in [5.41, 5.74) is 1.58. The summed E-state index contributed by atoms with van der Waals surface area (Å²) in [5.74, 6) is 0.936. The molecule has 0 aliphatic carbocycles. The molecular formula is C17H18BrN3O2. The molecule has 0 N–H and O–H groups in total. The third-order valence-corrected chi connectivity index (χ3v) is 4.38. The molecule has 1 atom stereocenters. The molecule has 1 aromatic carbocycles. The highest BCUT2D eigenvalue weighted by Crippen LogP contribution is 2.21. The van der Waals surface area contributed by atoms with E-state index in [1.807, 2.05) is 48.2 Å². The van der Waals surface area contributed by atoms with E-state index in [9.17, 15) is 4.79 Å². The molecule has 0 bridgehead atoms. The fourth-order valence-electron chi connectivity index (χ4n) is 2.62. The summed E-state index contributed by atoms with van der Waals surface area (Å²) in [7, 11) is 0. The minimum Gasteiger partial charge on any atom is -0.476 e. The number of hydrogen-bond acceptors (Lipinski definition) is 4. The van der Waals surface area contributed by atoms with Crippen LogP contribution in [0.25, 0.3) is 0 Å². The second kappa shape index (κ2) is 7.08. The Balaban J connectivity index is 1.54. The van der Waals surface area contributed by atoms with Crippen molar-refractivity contribution < 1.29 is 9.53 Å². The first-order valence-electron chi connectivity index (χ1n) is 7.60. The number of carbonyl (C=O) groups is 1. The van der Waals surface area contributed by atoms with Gasteiger partial charge in [-0.25, -0.2) is 0 Å². The molecule has 2 aromatic rings. The molecule has 6 heteroatoms. The molecule has 1 saturated heterocycles. The maximum Gasteiger partial charge on any atom is 0.253 e. The van der Waals surface area contributed by atoms with Gasteiger partial charge in [-0.2, -0.15) is 5.10 Å². The van der Waals surface area contributed by atoms with Crippen molar-refractivity contribution in [3.05, 3.63) is 52.1 Å². The van der Waals surface area contributed by atoms with Gasteiger partial charge in [-0.05, 0) is 37.6 Å². The van der Waals surface area contributed by atoms with Crippen molar-refractivity contribution in [3.63, 3.8) is 0 Å². The second-order valence-electron chi connectivity index (χ2n) is 5.74. The van der Waals surface area contributed by atoms with Crippen molar-refractivity contribution in [2.45, 2.75) is 13.3 Å². The molecule has 120 valence electrons. The minimum atomic E-state index is 0.0731. The minimum absolute atomic E-state index is 0.0731. The lowest BCUT2D eigenvalue weighted by Crippen LogP contribution is -2.29. The second-order valence-corrected chi connectivity index (χ2v) is 6.66. The predicted octanol–water partition coefficient (Wildman–Crippen LogP) is 3.09. The standard InChI is InChI=1S/C17H18BrN3O2/c1-12-5-6-16(20-19-12)23-11-13-7-8-21(10-13)17(22)14-3-2-4-15(18)9-14/h2-6,9,13H,7-8,10-11H2,1H3. The van der Waals surface area contributed by atoms with Crippen LogP contribution >= 0.6 is 15.9 Å². The van der Waals surface area contributed by atoms with Crippen LogP contribution in [0.15, 0.2) is 40.9 Å². The molecule has 2 heterocycles. The van der Waals surface area contributed by atoms with E-state index in [-0.39, 0.29) is 5.91 Å². The first kappa shape index (κ1) is 15.9. The molecular weight excluding hydrogens is 358 g/mol. The average molecular weight is 376 g/mol. The van der Waals surface area contributed by atoms with E-state index in [0.717, 1.165) is 23.1 Å². The quantitative estimate of drug-likeness (QED) is 0.823. The Kier molecular flexibility index (Phi) is 4.91. The Labute approximate surface area is 143 Å². The molecule has 1 fully saturated rings. The van der Waals surface area contributed by atoms with Crippen LogP contribution in [0.2, 0.25) is 0 Å². The number of benzene rings is 1. The first-order valence-corrected chi connectivity index (χ1v) is 8.39. The van der Waals surface area contributed by atoms with Crippen molar-refractivity contribution in [2.24, 2.45) is 5.92 Å². The van der Waals surface area contributed by atoms with E-state index in [0.29, 0.717) is 30.5 Å². The smallest absolute Gasteiger partial charge is 0.253 e. The van der Waals surface area contributed by atoms with Crippen LogP contribution in [0.5, 0.6) is 5.88 Å². The Morgan fingerprint density at radius 3 is 2.96 bits per heavy atom. The van der Waals surface area contributed by atoms with Crippen molar-refractivity contribution in [1.29, 1.82) is 0 Å². The van der Waals surface area contributed by atoms with Crippen LogP contribution in [-0.2, 0) is 0 Å². The zero-order chi connectivity index (χ0) is 16.2. The molecule has 1 aliphatic heterocycles. The van der Waals surface area contributed by atoms with E-state index < -0.39 is 0 Å². The van der Waals surface area contributed by atoms with Crippen molar-refractivity contribution in [3.8, 4) is 5.88 Å². The van der Waals surface area contributed by atoms with Gasteiger partial charge in [0, 0.05) is 35.1 Å². The van der Waals surface area contributed by atoms with Crippen LogP contribution in [0.4, 0.5) is 0 Å². The third kappa shape index (κ3) is 4.07. The monoisotopic (exact) mass is 375 g/mol. The highest BCUT2D eigenvalue weighted by molar-refractivity contribution is 9.10. The van der Waals surface area contributed by atoms with Gasteiger partial charge >= 0.3 is 0 Å². The summed E-state index contributed by atoms with van der Waals surface area (Å²) < 4.78 is 6.60. The SMILES string of the molecule is Cc1ccc(OCC2CCN(C(=O)c3cccc(Br)c3)C2)nn1. The number of rotatable bonds is 4. The van der Waals surface area contributed by atoms with Crippen molar-refractivity contribution >= 4 is 21.8 Å². The van der Waals surface area contributed by atoms with Gasteiger partial charge in [-0.3, -0.25) is 4.79 Å². The summed E-state index contributed by atoms with van der Waals surface area (Å²) in [5, 5.41) is 7.96. The molecule has 1 amide bonds. The van der Waals surface area contributed by atoms with Crippen LogP contribution in [0, 0.1) is 12.8 Å². The van der Waals surface area contributed by atoms with Crippen LogP contribution < -0.4 is 4.74 Å². The van der Waals surface area contributed by atoms with Crippen LogP contribution in [0.3, 0.4) is 0 Å². The van der Waals surface area contributed by atoms with Gasteiger partial charge in [-0.15, -0.1) is 5.10 Å². The largest absolute Gasteiger partial charge is 0.476 e. The summed E-state index contributed by atoms with van der Waals surface area (Å²) >= 11 is 3.40. The van der Waals surface area contributed by atoms with E-state index in [1.165, 1.54) is 0 Å². The Bertz CT molecular complexity index is 690. The Morgan fingerprint density at radius 2 is 2.22 bits per heavy atom. The summed E-state index contributed by atoms with van der Waals surface area (Å²) in [6.07, 6.45) is 0.943. The van der Waals surface area contributed by atoms with E-state index >= 15 is 0 Å². The molecule has 3 rings (SSSR count). The molecule has 0 radical (unpaired) electrons. The van der Waals surface area contributed by atoms with Crippen molar-refractivity contribution in [1.82, 2.24) is 15.1 Å². The van der Waals surface area contributed by atoms with Gasteiger partial charge in [0.25, 0.3) is 5.91 Å². The molecule has 0 spiro atoms. The normalized spacial score (nSPS) is 17.3. The van der Waals surface area contributed by atoms with E-state index in [1.54, 1.807) is 0 Å². The lowest BCUT2D eigenvalue weighted by molar-refractivity contribution is 0.0782. The van der Waals surface area contributed by atoms with Crippen LogP contribution in [-0.4, -0.2) is 40.7 Å². The van der Waals surface area contributed by atoms with Crippen LogP contribution in [0.1, 0.15) is 22.5 Å². The molecule has 1 aromatic heterocycles. The van der Waals surface area contributed by atoms with Gasteiger partial charge < -0.3 is 9.64 Å². The van der Waals surface area contributed by atoms with Gasteiger partial charge in [0.2, 0.25) is 5.88 Å². The number of aryl methyl sites for hydroxylation is 1. The zero-order valence-corrected chi connectivity index (χ0v) is 14.5. The number of aromatic nitrogens is 2. The van der Waals surface area contributed by atoms with Gasteiger partial charge in [0.05, 0.1) is 12.3 Å². The Morgan fingerprint density at radius 1 is 1.35 bits per heavy atom. The average Bonchev–Trinajstić information content (AvgIpc) is 3.02. The number of nitrogens with zero attached hydrogens (tertiary/aromatic N) is 3. The maximum atomic E-state index is 12.5. The third-order valence-electron chi connectivity index (χ3n) is 3.88. The summed E-state index contributed by atoms with van der Waals surface area (Å²) in [6, 6.07) is 11.2. The predicted molar refractivity (Wildman–Crippen MR) is 90.4 cm³/mol. The van der Waals surface area contributed by atoms with E-state index in [4.69, 9.17) is 4.74 Å². The number of halogens is 1. The lowest BCUT2D eigenvalue weighted by atomic mass is 10.1. The van der Waals surface area contributed by atoms with Gasteiger partial charge in [0.1, 0.15) is 0 Å². The molecule has 0 saturated carbocycles. The number of carbonyl (C=O) groups excluding carboxylic acids is 1. The zero-order valence-electron chi connectivity index (χ0n) is 12.9. The maximum absolute atomic E-state index is 12.5. The first-order chi connectivity index (χ1) is 11.1. The fraction of sp³-hybridized carbons (Fsp3) is 0.353. The Hall–Kier alpha value is -1.95. The molecule has 23 heavy (non-hydrogen) atoms. The topological polar surface area (TPSA) is 55.3 Å². The highest BCUT2D eigenvalue weighted by Gasteiger charge is 2.27. The summed E-state index contributed by atoms with van der Waals surface area (Å²) in [6.45, 7) is 3.92. The fourth-order valence-corrected chi connectivity index (χ4v) is 3.02. The lowest BCUT2D eigenvalue weighted by Gasteiger charge is -2.17. The van der Waals surface area contributed by atoms with Gasteiger partial charge in [-0.1, -0.05) is 22.0 Å². The number of amides is 1. The molecule has 1 aliphatic rings. The summed E-state index contributed by atoms with van der Waals surface area (Å²) in [4.78, 5) is 14.4. The van der Waals surface area contributed by atoms with E-state index in [2.05, 4.69) is 26.1 Å². The number of likely N-dealkylation sites (tertiary alicyclic amines) is 1. The van der Waals surface area contributed by atoms with Crippen molar-refractivity contribution in [2.75, 3.05) is 19.7 Å².